The van der Waals surface area contributed by atoms with Gasteiger partial charge < -0.3 is 10.0 Å². The van der Waals surface area contributed by atoms with E-state index in [2.05, 4.69) is 15.3 Å². The highest BCUT2D eigenvalue weighted by molar-refractivity contribution is 5.60. The van der Waals surface area contributed by atoms with Gasteiger partial charge >= 0.3 is 0 Å². The smallest absolute Gasteiger partial charge is 0.188 e. The van der Waals surface area contributed by atoms with Crippen molar-refractivity contribution in [1.82, 2.24) is 19.8 Å². The molecule has 1 N–H and O–H groups in total. The lowest BCUT2D eigenvalue weighted by molar-refractivity contribution is 0.0839. The lowest BCUT2D eigenvalue weighted by atomic mass is 10.1. The number of anilines is 1. The summed E-state index contributed by atoms with van der Waals surface area (Å²) in [4.78, 5) is 2.00. The molecule has 0 saturated carbocycles. The average molecular weight is 313 g/mol. The van der Waals surface area contributed by atoms with Crippen LogP contribution >= 0.6 is 0 Å². The maximum atomic E-state index is 14.0. The first-order chi connectivity index (χ1) is 11.0. The Kier molecular flexibility index (Phi) is 3.05. The van der Waals surface area contributed by atoms with E-state index in [0.29, 0.717) is 35.8 Å². The summed E-state index contributed by atoms with van der Waals surface area (Å²) < 4.78 is 15.6. The molecule has 2 aromatic heterocycles. The van der Waals surface area contributed by atoms with Crippen LogP contribution < -0.4 is 4.90 Å². The van der Waals surface area contributed by atoms with Crippen molar-refractivity contribution in [3.05, 3.63) is 42.2 Å². The third-order valence-corrected chi connectivity index (χ3v) is 4.14. The third kappa shape index (κ3) is 2.43. The number of halogens is 1. The molecule has 0 radical (unpaired) electrons. The van der Waals surface area contributed by atoms with Crippen molar-refractivity contribution in [1.29, 1.82) is 0 Å². The molecular formula is C16H16FN5O. The van der Waals surface area contributed by atoms with Crippen molar-refractivity contribution < 1.29 is 9.50 Å². The monoisotopic (exact) mass is 313 g/mol. The lowest BCUT2D eigenvalue weighted by Crippen LogP contribution is -2.30. The zero-order valence-electron chi connectivity index (χ0n) is 12.6. The number of hydrogen-bond acceptors (Lipinski definition) is 5. The van der Waals surface area contributed by atoms with Gasteiger partial charge in [-0.25, -0.2) is 4.39 Å². The minimum Gasteiger partial charge on any atom is -0.388 e. The van der Waals surface area contributed by atoms with Gasteiger partial charge in [-0.15, -0.1) is 15.3 Å². The molecule has 1 atom stereocenters. The Morgan fingerprint density at radius 3 is 2.74 bits per heavy atom. The van der Waals surface area contributed by atoms with E-state index in [1.54, 1.807) is 28.8 Å². The molecule has 1 aliphatic rings. The van der Waals surface area contributed by atoms with Gasteiger partial charge in [0.2, 0.25) is 0 Å². The number of β-amino-alcohol motifs (C(OH)–C–C–N with tert-alkyl or cyclic N) is 1. The first kappa shape index (κ1) is 14.1. The highest BCUT2D eigenvalue weighted by Crippen LogP contribution is 2.26. The van der Waals surface area contributed by atoms with Crippen molar-refractivity contribution >= 4 is 11.5 Å². The quantitative estimate of drug-likeness (QED) is 0.782. The van der Waals surface area contributed by atoms with Crippen LogP contribution in [0, 0.1) is 5.82 Å². The molecule has 4 rings (SSSR count). The maximum absolute atomic E-state index is 14.0. The molecule has 6 nitrogen and oxygen atoms in total. The van der Waals surface area contributed by atoms with Gasteiger partial charge in [0.05, 0.1) is 11.2 Å². The van der Waals surface area contributed by atoms with Crippen LogP contribution in [0.25, 0.3) is 17.0 Å². The van der Waals surface area contributed by atoms with E-state index in [1.165, 1.54) is 6.07 Å². The van der Waals surface area contributed by atoms with Crippen LogP contribution in [0.5, 0.6) is 0 Å². The average Bonchev–Trinajstić information content (AvgIpc) is 3.10. The number of aliphatic hydroxyl groups is 1. The Bertz CT molecular complexity index is 876. The highest BCUT2D eigenvalue weighted by atomic mass is 19.1. The van der Waals surface area contributed by atoms with Gasteiger partial charge in [0.25, 0.3) is 0 Å². The second-order valence-electron chi connectivity index (χ2n) is 6.13. The number of nitrogens with zero attached hydrogens (tertiary/aromatic N) is 5. The molecule has 1 saturated heterocycles. The lowest BCUT2D eigenvalue weighted by Gasteiger charge is -2.19. The fourth-order valence-electron chi connectivity index (χ4n) is 2.90. The molecule has 1 aliphatic heterocycles. The van der Waals surface area contributed by atoms with Gasteiger partial charge in [0.1, 0.15) is 11.6 Å². The first-order valence-corrected chi connectivity index (χ1v) is 7.48. The summed E-state index contributed by atoms with van der Waals surface area (Å²) in [7, 11) is 0. The fraction of sp³-hybridized carbons (Fsp3) is 0.312. The predicted molar refractivity (Wildman–Crippen MR) is 83.6 cm³/mol. The van der Waals surface area contributed by atoms with E-state index in [-0.39, 0.29) is 5.82 Å². The summed E-state index contributed by atoms with van der Waals surface area (Å²) in [5.74, 6) is 0.719. The molecule has 1 aromatic carbocycles. The van der Waals surface area contributed by atoms with Crippen LogP contribution in [-0.2, 0) is 0 Å². The van der Waals surface area contributed by atoms with Gasteiger partial charge in [0, 0.05) is 13.1 Å². The fourth-order valence-corrected chi connectivity index (χ4v) is 2.90. The summed E-state index contributed by atoms with van der Waals surface area (Å²) in [5, 5.41) is 22.8. The number of aromatic nitrogens is 4. The minimum atomic E-state index is -0.710. The number of hydrogen-bond donors (Lipinski definition) is 1. The van der Waals surface area contributed by atoms with Crippen molar-refractivity contribution in [2.45, 2.75) is 18.9 Å². The molecule has 0 bridgehead atoms. The maximum Gasteiger partial charge on any atom is 0.188 e. The summed E-state index contributed by atoms with van der Waals surface area (Å²) in [6.07, 6.45) is 0.690. The summed E-state index contributed by atoms with van der Waals surface area (Å²) in [6.45, 7) is 3.06. The van der Waals surface area contributed by atoms with Crippen LogP contribution in [-0.4, -0.2) is 43.6 Å². The van der Waals surface area contributed by atoms with Gasteiger partial charge in [-0.05, 0) is 37.6 Å². The standard InChI is InChI=1S/C16H16FN5O/c1-16(23)8-9-21(10-16)14-7-6-13-18-19-15(22(13)20-14)11-4-2-3-5-12(11)17/h2-7,23H,8-10H2,1H3. The van der Waals surface area contributed by atoms with Crippen LogP contribution in [0.2, 0.25) is 0 Å². The van der Waals surface area contributed by atoms with Gasteiger partial charge in [-0.2, -0.15) is 4.52 Å². The van der Waals surface area contributed by atoms with E-state index < -0.39 is 5.60 Å². The Labute approximate surface area is 132 Å². The molecule has 118 valence electrons. The predicted octanol–water partition coefficient (Wildman–Crippen LogP) is 1.89. The second kappa shape index (κ2) is 4.99. The number of rotatable bonds is 2. The third-order valence-electron chi connectivity index (χ3n) is 4.14. The van der Waals surface area contributed by atoms with E-state index >= 15 is 0 Å². The topological polar surface area (TPSA) is 66.5 Å². The van der Waals surface area contributed by atoms with Crippen LogP contribution in [0.3, 0.4) is 0 Å². The molecule has 7 heteroatoms. The molecule has 1 unspecified atom stereocenters. The van der Waals surface area contributed by atoms with Gasteiger partial charge in [-0.3, -0.25) is 0 Å². The molecule has 23 heavy (non-hydrogen) atoms. The minimum absolute atomic E-state index is 0.359. The molecular weight excluding hydrogens is 297 g/mol. The molecule has 1 fully saturated rings. The largest absolute Gasteiger partial charge is 0.388 e. The van der Waals surface area contributed by atoms with E-state index in [4.69, 9.17) is 0 Å². The zero-order chi connectivity index (χ0) is 16.0. The molecule has 0 spiro atoms. The van der Waals surface area contributed by atoms with E-state index in [9.17, 15) is 9.50 Å². The number of fused-ring (bicyclic) bond motifs is 1. The zero-order valence-corrected chi connectivity index (χ0v) is 12.6. The Hall–Kier alpha value is -2.54. The van der Waals surface area contributed by atoms with Crippen molar-refractivity contribution in [3.8, 4) is 11.4 Å². The van der Waals surface area contributed by atoms with Crippen LogP contribution in [0.1, 0.15) is 13.3 Å². The van der Waals surface area contributed by atoms with Crippen LogP contribution in [0.4, 0.5) is 10.2 Å². The van der Waals surface area contributed by atoms with E-state index in [0.717, 1.165) is 6.54 Å². The van der Waals surface area contributed by atoms with Gasteiger partial charge in [-0.1, -0.05) is 12.1 Å². The first-order valence-electron chi connectivity index (χ1n) is 7.48. The number of benzene rings is 1. The summed E-state index contributed by atoms with van der Waals surface area (Å²) in [6, 6.07) is 10.1. The summed E-state index contributed by atoms with van der Waals surface area (Å²) >= 11 is 0. The van der Waals surface area contributed by atoms with Crippen molar-refractivity contribution in [2.24, 2.45) is 0 Å². The highest BCUT2D eigenvalue weighted by Gasteiger charge is 2.32. The summed E-state index contributed by atoms with van der Waals surface area (Å²) in [5.41, 5.74) is 0.203. The van der Waals surface area contributed by atoms with Crippen LogP contribution in [0.15, 0.2) is 36.4 Å². The molecule has 0 amide bonds. The Morgan fingerprint density at radius 2 is 2.00 bits per heavy atom. The molecule has 3 aromatic rings. The molecule has 0 aliphatic carbocycles. The van der Waals surface area contributed by atoms with Crippen molar-refractivity contribution in [2.75, 3.05) is 18.0 Å². The normalized spacial score (nSPS) is 21.3. The Balaban J connectivity index is 1.80. The molecule has 3 heterocycles. The van der Waals surface area contributed by atoms with Gasteiger partial charge in [0.15, 0.2) is 11.5 Å². The van der Waals surface area contributed by atoms with Crippen molar-refractivity contribution in [3.63, 3.8) is 0 Å². The second-order valence-corrected chi connectivity index (χ2v) is 6.13. The van der Waals surface area contributed by atoms with E-state index in [1.807, 2.05) is 17.9 Å². The SMILES string of the molecule is CC1(O)CCN(c2ccc3nnc(-c4ccccc4F)n3n2)C1. The Morgan fingerprint density at radius 1 is 1.17 bits per heavy atom.